The fourth-order valence-electron chi connectivity index (χ4n) is 9.18. The van der Waals surface area contributed by atoms with Gasteiger partial charge in [-0.3, -0.25) is 4.79 Å². The molecule has 0 aromatic heterocycles. The number of amides is 1. The molecule has 9 N–H and O–H groups in total. The monoisotopic (exact) mass is 934 g/mol. The number of carbonyl (C=O) groups is 1. The van der Waals surface area contributed by atoms with Crippen LogP contribution in [0.4, 0.5) is 0 Å². The van der Waals surface area contributed by atoms with Gasteiger partial charge in [-0.1, -0.05) is 206 Å². The van der Waals surface area contributed by atoms with Gasteiger partial charge < -0.3 is 65.1 Å². The van der Waals surface area contributed by atoms with E-state index in [1.54, 1.807) is 0 Å². The molecule has 2 saturated heterocycles. The van der Waals surface area contributed by atoms with Gasteiger partial charge in [0.25, 0.3) is 0 Å². The molecule has 0 aromatic carbocycles. The smallest absolute Gasteiger partial charge is 0.220 e. The SMILES string of the molecule is CCCCCCCCCCCCCCCCCCCCCCCCCCCCCC(=O)NC(COC1OC(CO)C(OC2OC(CO)C(O)C(O)C2O)C(O)C1O)C(O)CCCCCC. The van der Waals surface area contributed by atoms with Crippen LogP contribution in [0.15, 0.2) is 0 Å². The van der Waals surface area contributed by atoms with Crippen molar-refractivity contribution < 1.29 is 64.6 Å². The van der Waals surface area contributed by atoms with Gasteiger partial charge in [0.05, 0.1) is 32.0 Å². The first-order chi connectivity index (χ1) is 31.6. The molecule has 12 unspecified atom stereocenters. The quantitative estimate of drug-likeness (QED) is 0.0273. The highest BCUT2D eigenvalue weighted by molar-refractivity contribution is 5.76. The lowest BCUT2D eigenvalue weighted by molar-refractivity contribution is -0.359. The zero-order valence-corrected chi connectivity index (χ0v) is 41.0. The molecule has 12 atom stereocenters. The minimum Gasteiger partial charge on any atom is -0.394 e. The lowest BCUT2D eigenvalue weighted by Gasteiger charge is -2.46. The van der Waals surface area contributed by atoms with Gasteiger partial charge in [-0.15, -0.1) is 0 Å². The average molecular weight is 934 g/mol. The van der Waals surface area contributed by atoms with Gasteiger partial charge in [0.15, 0.2) is 12.6 Å². The first-order valence-corrected chi connectivity index (χ1v) is 26.8. The Morgan fingerprint density at radius 3 is 1.31 bits per heavy atom. The second-order valence-electron chi connectivity index (χ2n) is 19.4. The highest BCUT2D eigenvalue weighted by atomic mass is 16.7. The van der Waals surface area contributed by atoms with Crippen molar-refractivity contribution in [1.29, 1.82) is 0 Å². The van der Waals surface area contributed by atoms with Gasteiger partial charge in [-0.2, -0.15) is 0 Å². The molecule has 0 aliphatic carbocycles. The van der Waals surface area contributed by atoms with Gasteiger partial charge in [0, 0.05) is 6.42 Å². The maximum Gasteiger partial charge on any atom is 0.220 e. The molecule has 14 nitrogen and oxygen atoms in total. The number of aliphatic hydroxyl groups is 8. The Kier molecular flexibility index (Phi) is 35.9. The fourth-order valence-corrected chi connectivity index (χ4v) is 9.18. The van der Waals surface area contributed by atoms with Crippen LogP contribution in [0.25, 0.3) is 0 Å². The van der Waals surface area contributed by atoms with E-state index in [4.69, 9.17) is 18.9 Å². The first-order valence-electron chi connectivity index (χ1n) is 26.8. The van der Waals surface area contributed by atoms with E-state index >= 15 is 0 Å². The summed E-state index contributed by atoms with van der Waals surface area (Å²) in [6.07, 6.45) is 23.6. The molecule has 0 radical (unpaired) electrons. The number of hydrogen-bond acceptors (Lipinski definition) is 13. The fraction of sp³-hybridized carbons (Fsp3) is 0.980. The number of unbranched alkanes of at least 4 members (excludes halogenated alkanes) is 29. The van der Waals surface area contributed by atoms with Crippen molar-refractivity contribution in [2.75, 3.05) is 19.8 Å². The Morgan fingerprint density at radius 2 is 0.877 bits per heavy atom. The van der Waals surface area contributed by atoms with E-state index in [0.717, 1.165) is 51.4 Å². The van der Waals surface area contributed by atoms with Crippen molar-refractivity contribution in [2.45, 2.75) is 299 Å². The molecule has 386 valence electrons. The van der Waals surface area contributed by atoms with Crippen molar-refractivity contribution >= 4 is 5.91 Å². The van der Waals surface area contributed by atoms with E-state index in [9.17, 15) is 45.6 Å². The van der Waals surface area contributed by atoms with Crippen molar-refractivity contribution in [1.82, 2.24) is 5.32 Å². The van der Waals surface area contributed by atoms with E-state index in [1.807, 2.05) is 0 Å². The zero-order chi connectivity index (χ0) is 47.5. The molecule has 0 spiro atoms. The van der Waals surface area contributed by atoms with Crippen LogP contribution in [0.3, 0.4) is 0 Å². The summed E-state index contributed by atoms with van der Waals surface area (Å²) in [6, 6.07) is -0.818. The molecular formula is C51H99NO13. The van der Waals surface area contributed by atoms with E-state index in [1.165, 1.54) is 148 Å². The molecule has 2 aliphatic rings. The lowest BCUT2D eigenvalue weighted by Crippen LogP contribution is -2.65. The average Bonchev–Trinajstić information content (AvgIpc) is 3.30. The number of hydrogen-bond donors (Lipinski definition) is 9. The second kappa shape index (κ2) is 38.8. The number of nitrogens with one attached hydrogen (secondary N) is 1. The predicted molar refractivity (Wildman–Crippen MR) is 254 cm³/mol. The Hall–Kier alpha value is -1.01. The number of aliphatic hydroxyl groups excluding tert-OH is 8. The number of ether oxygens (including phenoxy) is 4. The van der Waals surface area contributed by atoms with E-state index < -0.39 is 86.8 Å². The van der Waals surface area contributed by atoms with Crippen LogP contribution in [0, 0.1) is 0 Å². The van der Waals surface area contributed by atoms with Crippen LogP contribution in [0.5, 0.6) is 0 Å². The molecule has 0 bridgehead atoms. The summed E-state index contributed by atoms with van der Waals surface area (Å²) < 4.78 is 22.6. The minimum atomic E-state index is -1.78. The second-order valence-corrected chi connectivity index (χ2v) is 19.4. The summed E-state index contributed by atoms with van der Waals surface area (Å²) in [4.78, 5) is 13.1. The van der Waals surface area contributed by atoms with Gasteiger partial charge in [-0.05, 0) is 12.8 Å². The lowest BCUT2D eigenvalue weighted by atomic mass is 9.97. The summed E-state index contributed by atoms with van der Waals surface area (Å²) in [5.74, 6) is -0.211. The summed E-state index contributed by atoms with van der Waals surface area (Å²) in [7, 11) is 0. The summed E-state index contributed by atoms with van der Waals surface area (Å²) in [6.45, 7) is 2.74. The van der Waals surface area contributed by atoms with E-state index in [2.05, 4.69) is 19.2 Å². The van der Waals surface area contributed by atoms with Crippen LogP contribution < -0.4 is 5.32 Å². The summed E-state index contributed by atoms with van der Waals surface area (Å²) in [5.41, 5.74) is 0. The third-order valence-electron chi connectivity index (χ3n) is 13.6. The van der Waals surface area contributed by atoms with Gasteiger partial charge in [-0.25, -0.2) is 0 Å². The molecule has 0 saturated carbocycles. The van der Waals surface area contributed by atoms with Crippen molar-refractivity contribution in [3.05, 3.63) is 0 Å². The van der Waals surface area contributed by atoms with Gasteiger partial charge in [0.1, 0.15) is 48.8 Å². The minimum absolute atomic E-state index is 0.211. The van der Waals surface area contributed by atoms with Crippen LogP contribution in [-0.2, 0) is 23.7 Å². The maximum atomic E-state index is 13.1. The van der Waals surface area contributed by atoms with Gasteiger partial charge in [0.2, 0.25) is 5.91 Å². The Bertz CT molecular complexity index is 1100. The van der Waals surface area contributed by atoms with Crippen LogP contribution in [-0.4, -0.2) is 140 Å². The summed E-state index contributed by atoms with van der Waals surface area (Å²) in [5, 5.41) is 86.2. The molecule has 14 heteroatoms. The molecule has 0 aromatic rings. The molecule has 2 fully saturated rings. The third kappa shape index (κ3) is 26.0. The van der Waals surface area contributed by atoms with Crippen molar-refractivity contribution in [3.8, 4) is 0 Å². The molecule has 2 heterocycles. The van der Waals surface area contributed by atoms with Crippen molar-refractivity contribution in [2.24, 2.45) is 0 Å². The van der Waals surface area contributed by atoms with Crippen LogP contribution in [0.1, 0.15) is 226 Å². The highest BCUT2D eigenvalue weighted by Crippen LogP contribution is 2.30. The zero-order valence-electron chi connectivity index (χ0n) is 41.0. The van der Waals surface area contributed by atoms with E-state index in [-0.39, 0.29) is 12.5 Å². The summed E-state index contributed by atoms with van der Waals surface area (Å²) >= 11 is 0. The maximum absolute atomic E-state index is 13.1. The standard InChI is InChI=1S/C51H99NO13/c1-3-5-7-9-10-11-12-13-14-15-16-17-18-19-20-21-22-23-24-25-26-27-28-29-30-31-33-35-43(56)52-39(40(55)34-32-8-6-4-2)38-62-50-48(61)46(59)49(42(37-54)64-50)65-51-47(60)45(58)44(57)41(36-53)63-51/h39-42,44-51,53-55,57-61H,3-38H2,1-2H3,(H,52,56). The normalized spacial score (nSPS) is 26.9. The molecule has 2 rings (SSSR count). The Morgan fingerprint density at radius 1 is 0.492 bits per heavy atom. The Labute approximate surface area is 393 Å². The third-order valence-corrected chi connectivity index (χ3v) is 13.6. The highest BCUT2D eigenvalue weighted by Gasteiger charge is 2.51. The Balaban J connectivity index is 1.58. The molecule has 1 amide bonds. The predicted octanol–water partition coefficient (Wildman–Crippen LogP) is 7.39. The van der Waals surface area contributed by atoms with Crippen LogP contribution >= 0.6 is 0 Å². The number of carbonyl (C=O) groups excluding carboxylic acids is 1. The van der Waals surface area contributed by atoms with Gasteiger partial charge >= 0.3 is 0 Å². The largest absolute Gasteiger partial charge is 0.394 e. The molecular weight excluding hydrogens is 835 g/mol. The topological polar surface area (TPSA) is 228 Å². The van der Waals surface area contributed by atoms with Crippen molar-refractivity contribution in [3.63, 3.8) is 0 Å². The molecule has 65 heavy (non-hydrogen) atoms. The molecule has 2 aliphatic heterocycles. The van der Waals surface area contributed by atoms with Crippen LogP contribution in [0.2, 0.25) is 0 Å². The first kappa shape index (κ1) is 60.1. The number of rotatable bonds is 42. The van der Waals surface area contributed by atoms with E-state index in [0.29, 0.717) is 12.8 Å².